The van der Waals surface area contributed by atoms with E-state index in [1.54, 1.807) is 31.4 Å². The highest BCUT2D eigenvalue weighted by Crippen LogP contribution is 2.32. The van der Waals surface area contributed by atoms with Gasteiger partial charge in [-0.3, -0.25) is 19.8 Å². The van der Waals surface area contributed by atoms with Crippen LogP contribution in [0.5, 0.6) is 5.75 Å². The van der Waals surface area contributed by atoms with E-state index in [2.05, 4.69) is 5.32 Å². The van der Waals surface area contributed by atoms with E-state index in [1.165, 1.54) is 4.90 Å². The minimum absolute atomic E-state index is 0.0338. The van der Waals surface area contributed by atoms with Gasteiger partial charge in [0.15, 0.2) is 0 Å². The standard InChI is InChI=1S/C24H26ClN3O4/c1-14-11-16(15(2)27(14)20-13-17(25)9-10-21(20)32-3)12-19-22(29)26-24(31)28(23(19)30)18-7-5-4-6-8-18/h9-13,18H,4-8H2,1-3H3,(H,26,29,31). The summed E-state index contributed by atoms with van der Waals surface area (Å²) in [5, 5.41) is 2.91. The number of halogens is 1. The predicted octanol–water partition coefficient (Wildman–Crippen LogP) is 4.55. The second-order valence-corrected chi connectivity index (χ2v) is 8.70. The summed E-state index contributed by atoms with van der Waals surface area (Å²) in [6, 6.07) is 6.45. The van der Waals surface area contributed by atoms with Gasteiger partial charge in [-0.25, -0.2) is 4.79 Å². The molecule has 1 N–H and O–H groups in total. The van der Waals surface area contributed by atoms with Crippen molar-refractivity contribution >= 4 is 35.5 Å². The normalized spacial score (nSPS) is 18.9. The number of aromatic nitrogens is 1. The summed E-state index contributed by atoms with van der Waals surface area (Å²) in [7, 11) is 1.59. The van der Waals surface area contributed by atoms with E-state index < -0.39 is 17.8 Å². The third-order valence-corrected chi connectivity index (χ3v) is 6.46. The summed E-state index contributed by atoms with van der Waals surface area (Å²) in [4.78, 5) is 39.4. The number of carbonyl (C=O) groups excluding carboxylic acids is 3. The van der Waals surface area contributed by atoms with E-state index in [0.717, 1.165) is 49.2 Å². The zero-order valence-corrected chi connectivity index (χ0v) is 19.2. The molecule has 4 amide bonds. The minimum Gasteiger partial charge on any atom is -0.495 e. The first-order chi connectivity index (χ1) is 15.3. The highest BCUT2D eigenvalue weighted by Gasteiger charge is 2.40. The van der Waals surface area contributed by atoms with Gasteiger partial charge in [0.1, 0.15) is 11.3 Å². The van der Waals surface area contributed by atoms with Crippen LogP contribution in [0.25, 0.3) is 11.8 Å². The van der Waals surface area contributed by atoms with Crippen molar-refractivity contribution in [1.29, 1.82) is 0 Å². The molecule has 168 valence electrons. The van der Waals surface area contributed by atoms with Gasteiger partial charge >= 0.3 is 6.03 Å². The van der Waals surface area contributed by atoms with Crippen molar-refractivity contribution in [2.45, 2.75) is 52.0 Å². The number of carbonyl (C=O) groups is 3. The average molecular weight is 456 g/mol. The fraction of sp³-hybridized carbons (Fsp3) is 0.375. The summed E-state index contributed by atoms with van der Waals surface area (Å²) in [6.45, 7) is 3.82. The Kier molecular flexibility index (Phi) is 6.11. The molecular weight excluding hydrogens is 430 g/mol. The van der Waals surface area contributed by atoms with Crippen LogP contribution in [-0.4, -0.2) is 40.5 Å². The van der Waals surface area contributed by atoms with Crippen molar-refractivity contribution in [1.82, 2.24) is 14.8 Å². The van der Waals surface area contributed by atoms with Gasteiger partial charge in [0.05, 0.1) is 12.8 Å². The molecule has 1 saturated carbocycles. The Morgan fingerprint density at radius 1 is 1.09 bits per heavy atom. The second kappa shape index (κ2) is 8.82. The molecule has 7 nitrogen and oxygen atoms in total. The molecule has 2 aromatic rings. The van der Waals surface area contributed by atoms with Gasteiger partial charge in [-0.1, -0.05) is 30.9 Å². The van der Waals surface area contributed by atoms with Crippen molar-refractivity contribution in [3.05, 3.63) is 51.8 Å². The lowest BCUT2D eigenvalue weighted by atomic mass is 9.93. The fourth-order valence-corrected chi connectivity index (χ4v) is 4.81. The molecule has 1 saturated heterocycles. The number of hydrogen-bond acceptors (Lipinski definition) is 4. The van der Waals surface area contributed by atoms with E-state index in [0.29, 0.717) is 16.3 Å². The number of hydrogen-bond donors (Lipinski definition) is 1. The van der Waals surface area contributed by atoms with Crippen LogP contribution in [0, 0.1) is 13.8 Å². The monoisotopic (exact) mass is 455 g/mol. The van der Waals surface area contributed by atoms with E-state index in [1.807, 2.05) is 24.5 Å². The van der Waals surface area contributed by atoms with Gasteiger partial charge < -0.3 is 9.30 Å². The lowest BCUT2D eigenvalue weighted by Crippen LogP contribution is -2.58. The Labute approximate surface area is 192 Å². The third kappa shape index (κ3) is 3.93. The molecule has 4 rings (SSSR count). The first-order valence-corrected chi connectivity index (χ1v) is 11.1. The molecule has 2 heterocycles. The van der Waals surface area contributed by atoms with Crippen molar-refractivity contribution < 1.29 is 19.1 Å². The van der Waals surface area contributed by atoms with Gasteiger partial charge in [0.2, 0.25) is 0 Å². The maximum absolute atomic E-state index is 13.2. The molecule has 1 aromatic heterocycles. The number of amides is 4. The average Bonchev–Trinajstić information content (AvgIpc) is 3.04. The Bertz CT molecular complexity index is 1130. The van der Waals surface area contributed by atoms with Crippen molar-refractivity contribution in [3.63, 3.8) is 0 Å². The van der Waals surface area contributed by atoms with Crippen molar-refractivity contribution in [2.24, 2.45) is 0 Å². The van der Waals surface area contributed by atoms with Crippen LogP contribution < -0.4 is 10.1 Å². The van der Waals surface area contributed by atoms with Crippen molar-refractivity contribution in [3.8, 4) is 11.4 Å². The second-order valence-electron chi connectivity index (χ2n) is 8.26. The van der Waals surface area contributed by atoms with Crippen LogP contribution in [0.15, 0.2) is 29.8 Å². The molecule has 1 aliphatic heterocycles. The maximum Gasteiger partial charge on any atom is 0.331 e. The number of nitrogens with zero attached hydrogens (tertiary/aromatic N) is 2. The molecule has 0 spiro atoms. The largest absolute Gasteiger partial charge is 0.495 e. The maximum atomic E-state index is 13.2. The molecule has 0 atom stereocenters. The number of nitrogens with one attached hydrogen (secondary N) is 1. The van der Waals surface area contributed by atoms with Crippen molar-refractivity contribution in [2.75, 3.05) is 7.11 Å². The van der Waals surface area contributed by atoms with Crippen LogP contribution in [0.1, 0.15) is 49.1 Å². The molecule has 1 aromatic carbocycles. The van der Waals surface area contributed by atoms with Gasteiger partial charge in [-0.2, -0.15) is 0 Å². The smallest absolute Gasteiger partial charge is 0.331 e. The minimum atomic E-state index is -0.669. The number of barbiturate groups is 1. The summed E-state index contributed by atoms with van der Waals surface area (Å²) >= 11 is 6.22. The summed E-state index contributed by atoms with van der Waals surface area (Å²) in [5.41, 5.74) is 3.14. The zero-order chi connectivity index (χ0) is 23.0. The quantitative estimate of drug-likeness (QED) is 0.541. The van der Waals surface area contributed by atoms with Crippen LogP contribution in [0.2, 0.25) is 5.02 Å². The number of aryl methyl sites for hydroxylation is 1. The number of benzene rings is 1. The number of rotatable bonds is 4. The first kappa shape index (κ1) is 22.1. The van der Waals surface area contributed by atoms with Crippen LogP contribution in [-0.2, 0) is 9.59 Å². The summed E-state index contributed by atoms with van der Waals surface area (Å²) in [5.74, 6) is -0.552. The van der Waals surface area contributed by atoms with Gasteiger partial charge in [0.25, 0.3) is 11.8 Å². The Hall–Kier alpha value is -3.06. The van der Waals surface area contributed by atoms with E-state index >= 15 is 0 Å². The van der Waals surface area contributed by atoms with Gasteiger partial charge in [0, 0.05) is 22.5 Å². The van der Waals surface area contributed by atoms with Gasteiger partial charge in [-0.05, 0) is 62.6 Å². The summed E-state index contributed by atoms with van der Waals surface area (Å²) < 4.78 is 7.46. The Morgan fingerprint density at radius 3 is 2.50 bits per heavy atom. The Morgan fingerprint density at radius 2 is 1.81 bits per heavy atom. The summed E-state index contributed by atoms with van der Waals surface area (Å²) in [6.07, 6.45) is 6.14. The Balaban J connectivity index is 1.74. The van der Waals surface area contributed by atoms with Crippen LogP contribution in [0.4, 0.5) is 4.79 Å². The molecule has 32 heavy (non-hydrogen) atoms. The highest BCUT2D eigenvalue weighted by atomic mass is 35.5. The van der Waals surface area contributed by atoms with Crippen LogP contribution >= 0.6 is 11.6 Å². The number of methoxy groups -OCH3 is 1. The lowest BCUT2D eigenvalue weighted by Gasteiger charge is -2.35. The lowest BCUT2D eigenvalue weighted by molar-refractivity contribution is -0.132. The highest BCUT2D eigenvalue weighted by molar-refractivity contribution is 6.31. The zero-order valence-electron chi connectivity index (χ0n) is 18.4. The van der Waals surface area contributed by atoms with Gasteiger partial charge in [-0.15, -0.1) is 0 Å². The van der Waals surface area contributed by atoms with E-state index in [9.17, 15) is 14.4 Å². The molecular formula is C24H26ClN3O4. The molecule has 0 unspecified atom stereocenters. The molecule has 0 bridgehead atoms. The number of imide groups is 2. The SMILES string of the molecule is COc1ccc(Cl)cc1-n1c(C)cc(C=C2C(=O)NC(=O)N(C3CCCCC3)C2=O)c1C. The third-order valence-electron chi connectivity index (χ3n) is 6.22. The predicted molar refractivity (Wildman–Crippen MR) is 122 cm³/mol. The topological polar surface area (TPSA) is 80.6 Å². The molecule has 0 radical (unpaired) electrons. The van der Waals surface area contributed by atoms with Crippen LogP contribution in [0.3, 0.4) is 0 Å². The number of ether oxygens (including phenoxy) is 1. The van der Waals surface area contributed by atoms with E-state index in [-0.39, 0.29) is 11.6 Å². The number of urea groups is 1. The first-order valence-electron chi connectivity index (χ1n) is 10.7. The molecule has 2 aliphatic rings. The fourth-order valence-electron chi connectivity index (χ4n) is 4.64. The molecule has 8 heteroatoms. The van der Waals surface area contributed by atoms with E-state index in [4.69, 9.17) is 16.3 Å². The molecule has 1 aliphatic carbocycles. The molecule has 2 fully saturated rings.